The number of amides is 1. The van der Waals surface area contributed by atoms with Crippen molar-refractivity contribution in [2.75, 3.05) is 25.0 Å². The molecule has 156 valence electrons. The first-order valence-electron chi connectivity index (χ1n) is 9.65. The van der Waals surface area contributed by atoms with Crippen LogP contribution >= 0.6 is 11.6 Å². The third kappa shape index (κ3) is 5.72. The molecule has 0 bridgehead atoms. The number of rotatable bonds is 8. The Balaban J connectivity index is 1.45. The number of nitrogens with zero attached hydrogens (tertiary/aromatic N) is 1. The maximum Gasteiger partial charge on any atom is 0.243 e. The van der Waals surface area contributed by atoms with Crippen molar-refractivity contribution in [1.29, 1.82) is 0 Å². The first-order valence-corrected chi connectivity index (χ1v) is 11.5. The predicted molar refractivity (Wildman–Crippen MR) is 114 cm³/mol. The van der Waals surface area contributed by atoms with Crippen molar-refractivity contribution in [3.8, 4) is 5.75 Å². The topological polar surface area (TPSA) is 75.7 Å². The molecule has 0 spiro atoms. The highest BCUT2D eigenvalue weighted by Gasteiger charge is 2.26. The van der Waals surface area contributed by atoms with Gasteiger partial charge in [-0.05, 0) is 74.2 Å². The summed E-state index contributed by atoms with van der Waals surface area (Å²) >= 11 is 5.92. The van der Waals surface area contributed by atoms with Crippen molar-refractivity contribution in [3.05, 3.63) is 53.1 Å². The van der Waals surface area contributed by atoms with E-state index in [0.29, 0.717) is 43.2 Å². The molecule has 3 rings (SSSR count). The molecule has 0 aliphatic carbocycles. The maximum atomic E-state index is 12.5. The summed E-state index contributed by atoms with van der Waals surface area (Å²) in [6.45, 7) is 3.47. The summed E-state index contributed by atoms with van der Waals surface area (Å²) < 4.78 is 32.2. The molecule has 29 heavy (non-hydrogen) atoms. The van der Waals surface area contributed by atoms with E-state index in [-0.39, 0.29) is 10.8 Å². The molecule has 0 unspecified atom stereocenters. The number of benzene rings is 2. The number of carbonyl (C=O) groups is 1. The van der Waals surface area contributed by atoms with Gasteiger partial charge in [-0.2, -0.15) is 4.31 Å². The van der Waals surface area contributed by atoms with E-state index >= 15 is 0 Å². The summed E-state index contributed by atoms with van der Waals surface area (Å²) in [4.78, 5) is 12.4. The van der Waals surface area contributed by atoms with Gasteiger partial charge in [0, 0.05) is 30.2 Å². The molecule has 1 fully saturated rings. The fourth-order valence-corrected chi connectivity index (χ4v) is 4.94. The van der Waals surface area contributed by atoms with Crippen LogP contribution in [0.4, 0.5) is 5.69 Å². The average Bonchev–Trinajstić information content (AvgIpc) is 3.23. The zero-order valence-electron chi connectivity index (χ0n) is 16.4. The molecule has 1 heterocycles. The van der Waals surface area contributed by atoms with E-state index < -0.39 is 10.0 Å². The van der Waals surface area contributed by atoms with Gasteiger partial charge in [0.1, 0.15) is 5.75 Å². The minimum atomic E-state index is -3.44. The second kappa shape index (κ2) is 9.61. The van der Waals surface area contributed by atoms with E-state index in [9.17, 15) is 13.2 Å². The number of aryl methyl sites for hydroxylation is 1. The lowest BCUT2D eigenvalue weighted by Gasteiger charge is -2.15. The highest BCUT2D eigenvalue weighted by atomic mass is 35.5. The third-order valence-corrected chi connectivity index (χ3v) is 6.93. The van der Waals surface area contributed by atoms with Gasteiger partial charge in [-0.25, -0.2) is 8.42 Å². The highest BCUT2D eigenvalue weighted by molar-refractivity contribution is 7.89. The van der Waals surface area contributed by atoms with Gasteiger partial charge in [0.25, 0.3) is 0 Å². The van der Waals surface area contributed by atoms with E-state index in [0.717, 1.165) is 24.2 Å². The number of ether oxygens (including phenoxy) is 1. The van der Waals surface area contributed by atoms with Crippen molar-refractivity contribution in [1.82, 2.24) is 4.31 Å². The van der Waals surface area contributed by atoms with Crippen LogP contribution in [0.1, 0.15) is 31.2 Å². The van der Waals surface area contributed by atoms with E-state index in [1.807, 2.05) is 19.1 Å². The summed E-state index contributed by atoms with van der Waals surface area (Å²) in [5.74, 6) is 0.612. The van der Waals surface area contributed by atoms with Crippen molar-refractivity contribution >= 4 is 33.2 Å². The Kier molecular flexibility index (Phi) is 7.16. The summed E-state index contributed by atoms with van der Waals surface area (Å²) in [7, 11) is -3.44. The Hall–Kier alpha value is -2.09. The summed E-state index contributed by atoms with van der Waals surface area (Å²) in [6, 6.07) is 11.7. The molecule has 0 radical (unpaired) electrons. The fourth-order valence-electron chi connectivity index (χ4n) is 3.20. The SMILES string of the molecule is Cc1cc(Cl)ccc1OCCCC(=O)Nc1ccc(S(=O)(=O)N2CCCC2)cc1. The second-order valence-electron chi connectivity index (χ2n) is 7.05. The number of sulfonamides is 1. The Labute approximate surface area is 176 Å². The number of hydrogen-bond acceptors (Lipinski definition) is 4. The molecule has 0 saturated carbocycles. The minimum absolute atomic E-state index is 0.142. The largest absolute Gasteiger partial charge is 0.493 e. The first kappa shape index (κ1) is 21.6. The molecule has 0 atom stereocenters. The lowest BCUT2D eigenvalue weighted by Crippen LogP contribution is -2.27. The molecule has 1 aliphatic heterocycles. The van der Waals surface area contributed by atoms with E-state index in [2.05, 4.69) is 5.32 Å². The van der Waals surface area contributed by atoms with Gasteiger partial charge in [0.15, 0.2) is 0 Å². The fraction of sp³-hybridized carbons (Fsp3) is 0.381. The molecular formula is C21H25ClN2O4S. The van der Waals surface area contributed by atoms with E-state index in [1.165, 1.54) is 16.4 Å². The highest BCUT2D eigenvalue weighted by Crippen LogP contribution is 2.23. The van der Waals surface area contributed by atoms with Crippen LogP contribution in [0, 0.1) is 6.92 Å². The molecule has 2 aromatic carbocycles. The number of halogens is 1. The standard InChI is InChI=1S/C21H25ClN2O4S/c1-16-15-17(22)6-11-20(16)28-14-4-5-21(25)23-18-7-9-19(10-8-18)29(26,27)24-12-2-3-13-24/h6-11,15H,2-5,12-14H2,1H3,(H,23,25). The number of anilines is 1. The normalized spacial score (nSPS) is 14.7. The smallest absolute Gasteiger partial charge is 0.243 e. The van der Waals surface area contributed by atoms with Gasteiger partial charge in [-0.15, -0.1) is 0 Å². The summed E-state index contributed by atoms with van der Waals surface area (Å²) in [5.41, 5.74) is 1.52. The molecule has 1 saturated heterocycles. The minimum Gasteiger partial charge on any atom is -0.493 e. The van der Waals surface area contributed by atoms with Gasteiger partial charge in [-0.3, -0.25) is 4.79 Å². The monoisotopic (exact) mass is 436 g/mol. The van der Waals surface area contributed by atoms with Crippen LogP contribution in [0.2, 0.25) is 5.02 Å². The zero-order chi connectivity index (χ0) is 20.9. The Morgan fingerprint density at radius 3 is 2.48 bits per heavy atom. The number of nitrogens with one attached hydrogen (secondary N) is 1. The van der Waals surface area contributed by atoms with Crippen LogP contribution in [0.25, 0.3) is 0 Å². The quantitative estimate of drug-likeness (QED) is 0.628. The van der Waals surface area contributed by atoms with Gasteiger partial charge < -0.3 is 10.1 Å². The molecule has 6 nitrogen and oxygen atoms in total. The Morgan fingerprint density at radius 2 is 1.83 bits per heavy atom. The molecule has 1 amide bonds. The van der Waals surface area contributed by atoms with Gasteiger partial charge >= 0.3 is 0 Å². The number of carbonyl (C=O) groups excluding carboxylic acids is 1. The van der Waals surface area contributed by atoms with Crippen LogP contribution in [-0.4, -0.2) is 38.3 Å². The van der Waals surface area contributed by atoms with Gasteiger partial charge in [0.2, 0.25) is 15.9 Å². The second-order valence-corrected chi connectivity index (χ2v) is 9.42. The van der Waals surface area contributed by atoms with Crippen LogP contribution in [0.15, 0.2) is 47.4 Å². The van der Waals surface area contributed by atoms with Crippen molar-refractivity contribution in [3.63, 3.8) is 0 Å². The van der Waals surface area contributed by atoms with Crippen LogP contribution in [0.3, 0.4) is 0 Å². The lowest BCUT2D eigenvalue weighted by atomic mass is 10.2. The molecule has 1 N–H and O–H groups in total. The molecule has 0 aromatic heterocycles. The predicted octanol–water partition coefficient (Wildman–Crippen LogP) is 4.23. The Bertz CT molecular complexity index is 955. The summed E-state index contributed by atoms with van der Waals surface area (Å²) in [5, 5.41) is 3.45. The van der Waals surface area contributed by atoms with Crippen molar-refractivity contribution in [2.45, 2.75) is 37.5 Å². The maximum absolute atomic E-state index is 12.5. The van der Waals surface area contributed by atoms with Crippen LogP contribution in [-0.2, 0) is 14.8 Å². The van der Waals surface area contributed by atoms with E-state index in [1.54, 1.807) is 18.2 Å². The van der Waals surface area contributed by atoms with Gasteiger partial charge in [0.05, 0.1) is 11.5 Å². The van der Waals surface area contributed by atoms with Crippen molar-refractivity contribution < 1.29 is 17.9 Å². The third-order valence-electron chi connectivity index (χ3n) is 4.78. The Morgan fingerprint density at radius 1 is 1.14 bits per heavy atom. The molecule has 2 aromatic rings. The molecule has 8 heteroatoms. The van der Waals surface area contributed by atoms with Crippen LogP contribution < -0.4 is 10.1 Å². The first-order chi connectivity index (χ1) is 13.9. The lowest BCUT2D eigenvalue weighted by molar-refractivity contribution is -0.116. The average molecular weight is 437 g/mol. The molecule has 1 aliphatic rings. The van der Waals surface area contributed by atoms with Crippen molar-refractivity contribution in [2.24, 2.45) is 0 Å². The van der Waals surface area contributed by atoms with Gasteiger partial charge in [-0.1, -0.05) is 11.6 Å². The molecular weight excluding hydrogens is 412 g/mol. The number of hydrogen-bond donors (Lipinski definition) is 1. The summed E-state index contributed by atoms with van der Waals surface area (Å²) in [6.07, 6.45) is 2.67. The van der Waals surface area contributed by atoms with E-state index in [4.69, 9.17) is 16.3 Å². The van der Waals surface area contributed by atoms with Crippen LogP contribution in [0.5, 0.6) is 5.75 Å². The zero-order valence-corrected chi connectivity index (χ0v) is 17.9.